The molecule has 2 aromatic carbocycles. The van der Waals surface area contributed by atoms with Crippen molar-refractivity contribution in [3.05, 3.63) is 59.7 Å². The van der Waals surface area contributed by atoms with Crippen LogP contribution in [0.2, 0.25) is 0 Å². The molecule has 0 atom stereocenters. The van der Waals surface area contributed by atoms with Crippen molar-refractivity contribution in [2.75, 3.05) is 11.9 Å². The molecule has 0 bridgehead atoms. The molecule has 0 saturated carbocycles. The van der Waals surface area contributed by atoms with Gasteiger partial charge in [-0.2, -0.15) is 5.10 Å². The third-order valence-electron chi connectivity index (χ3n) is 3.74. The number of rotatable bonds is 4. The lowest BCUT2D eigenvalue weighted by Crippen LogP contribution is -2.36. The second-order valence-electron chi connectivity index (χ2n) is 6.41. The number of amides is 1. The van der Waals surface area contributed by atoms with E-state index in [2.05, 4.69) is 25.8 Å². The zero-order chi connectivity index (χ0) is 19.4. The van der Waals surface area contributed by atoms with E-state index in [0.717, 1.165) is 23.0 Å². The molecule has 3 N–H and O–H groups in total. The highest BCUT2D eigenvalue weighted by atomic mass is 19.2. The summed E-state index contributed by atoms with van der Waals surface area (Å²) in [4.78, 5) is 16.8. The van der Waals surface area contributed by atoms with Crippen molar-refractivity contribution in [1.82, 2.24) is 15.5 Å². The van der Waals surface area contributed by atoms with Crippen LogP contribution in [0.15, 0.2) is 47.5 Å². The molecule has 3 rings (SSSR count). The first-order valence-electron chi connectivity index (χ1n) is 8.45. The lowest BCUT2D eigenvalue weighted by molar-refractivity contribution is 0.0976. The first-order valence-corrected chi connectivity index (χ1v) is 8.45. The van der Waals surface area contributed by atoms with Gasteiger partial charge in [-0.15, -0.1) is 0 Å². The molecule has 8 heteroatoms. The standard InChI is InChI=1S/C19H19F2N5O/c1-11(2)10-22-19(23-17-13-5-3-4-6-16(13)25-26-17)24-18(27)12-7-8-14(20)15(21)9-12/h3-9,11H,10H2,1-2H3,(H3,22,23,24,25,26,27). The molecule has 1 amide bonds. The lowest BCUT2D eigenvalue weighted by Gasteiger charge is -2.11. The van der Waals surface area contributed by atoms with Gasteiger partial charge in [0.1, 0.15) is 0 Å². The molecule has 1 heterocycles. The fourth-order valence-electron chi connectivity index (χ4n) is 2.37. The van der Waals surface area contributed by atoms with Gasteiger partial charge in [-0.25, -0.2) is 8.78 Å². The van der Waals surface area contributed by atoms with Gasteiger partial charge in [0, 0.05) is 17.5 Å². The van der Waals surface area contributed by atoms with E-state index in [1.165, 1.54) is 6.07 Å². The number of aromatic nitrogens is 2. The number of para-hydroxylation sites is 1. The Labute approximate surface area is 154 Å². The molecule has 27 heavy (non-hydrogen) atoms. The van der Waals surface area contributed by atoms with Gasteiger partial charge in [0.25, 0.3) is 5.91 Å². The first kappa shape index (κ1) is 18.5. The second-order valence-corrected chi connectivity index (χ2v) is 6.41. The Kier molecular flexibility index (Phi) is 5.44. The van der Waals surface area contributed by atoms with Crippen LogP contribution in [0.3, 0.4) is 0 Å². The van der Waals surface area contributed by atoms with Crippen LogP contribution in [0.4, 0.5) is 14.6 Å². The normalized spacial score (nSPS) is 11.8. The lowest BCUT2D eigenvalue weighted by atomic mass is 10.2. The number of anilines is 1. The molecule has 0 aliphatic rings. The molecule has 0 spiro atoms. The fraction of sp³-hybridized carbons (Fsp3) is 0.211. The van der Waals surface area contributed by atoms with E-state index in [-0.39, 0.29) is 17.4 Å². The Morgan fingerprint density at radius 2 is 1.96 bits per heavy atom. The number of aliphatic imine (C=N–C) groups is 1. The van der Waals surface area contributed by atoms with Crippen LogP contribution in [0.1, 0.15) is 24.2 Å². The zero-order valence-electron chi connectivity index (χ0n) is 14.9. The maximum atomic E-state index is 13.4. The first-order chi connectivity index (χ1) is 12.9. The number of guanidine groups is 1. The maximum absolute atomic E-state index is 13.4. The molecule has 0 unspecified atom stereocenters. The van der Waals surface area contributed by atoms with E-state index < -0.39 is 17.5 Å². The smallest absolute Gasteiger partial charge is 0.258 e. The molecule has 3 aromatic rings. The van der Waals surface area contributed by atoms with Crippen molar-refractivity contribution in [3.8, 4) is 0 Å². The summed E-state index contributed by atoms with van der Waals surface area (Å²) < 4.78 is 26.5. The summed E-state index contributed by atoms with van der Waals surface area (Å²) in [5, 5.41) is 13.5. The number of nitrogens with zero attached hydrogens (tertiary/aromatic N) is 2. The maximum Gasteiger partial charge on any atom is 0.258 e. The summed E-state index contributed by atoms with van der Waals surface area (Å²) in [5.74, 6) is -1.77. The average molecular weight is 371 g/mol. The predicted octanol–water partition coefficient (Wildman–Crippen LogP) is 3.70. The van der Waals surface area contributed by atoms with Gasteiger partial charge >= 0.3 is 0 Å². The van der Waals surface area contributed by atoms with Crippen molar-refractivity contribution in [1.29, 1.82) is 0 Å². The molecule has 0 radical (unpaired) electrons. The zero-order valence-corrected chi connectivity index (χ0v) is 14.9. The van der Waals surface area contributed by atoms with Crippen molar-refractivity contribution in [2.45, 2.75) is 13.8 Å². The van der Waals surface area contributed by atoms with Gasteiger partial charge in [0.15, 0.2) is 17.5 Å². The van der Waals surface area contributed by atoms with E-state index in [4.69, 9.17) is 0 Å². The molecule has 6 nitrogen and oxygen atoms in total. The van der Waals surface area contributed by atoms with Gasteiger partial charge in [0.05, 0.1) is 5.52 Å². The minimum atomic E-state index is -1.09. The van der Waals surface area contributed by atoms with Crippen LogP contribution in [0.5, 0.6) is 0 Å². The number of nitrogens with one attached hydrogen (secondary N) is 3. The Bertz CT molecular complexity index is 997. The minimum absolute atomic E-state index is 0.0140. The van der Waals surface area contributed by atoms with Crippen LogP contribution in [-0.4, -0.2) is 28.6 Å². The molecule has 1 aromatic heterocycles. The predicted molar refractivity (Wildman–Crippen MR) is 101 cm³/mol. The number of carbonyl (C=O) groups excluding carboxylic acids is 1. The summed E-state index contributed by atoms with van der Waals surface area (Å²) in [6.07, 6.45) is 0. The van der Waals surface area contributed by atoms with Crippen molar-refractivity contribution >= 4 is 28.6 Å². The minimum Gasteiger partial charge on any atom is -0.309 e. The third kappa shape index (κ3) is 4.46. The summed E-state index contributed by atoms with van der Waals surface area (Å²) in [6, 6.07) is 10.4. The van der Waals surface area contributed by atoms with Gasteiger partial charge in [-0.1, -0.05) is 26.0 Å². The molecule has 0 fully saturated rings. The fourth-order valence-corrected chi connectivity index (χ4v) is 2.37. The number of hydrogen-bond acceptors (Lipinski definition) is 3. The summed E-state index contributed by atoms with van der Waals surface area (Å²) in [6.45, 7) is 4.44. The van der Waals surface area contributed by atoms with Crippen LogP contribution in [0.25, 0.3) is 10.9 Å². The number of carbonyl (C=O) groups is 1. The van der Waals surface area contributed by atoms with Crippen LogP contribution < -0.4 is 10.6 Å². The molecule has 0 aliphatic heterocycles. The molecule has 140 valence electrons. The number of H-pyrrole nitrogens is 1. The number of halogens is 2. The Morgan fingerprint density at radius 3 is 2.70 bits per heavy atom. The average Bonchev–Trinajstić information content (AvgIpc) is 3.05. The van der Waals surface area contributed by atoms with Crippen molar-refractivity contribution in [3.63, 3.8) is 0 Å². The van der Waals surface area contributed by atoms with E-state index in [1.807, 2.05) is 38.1 Å². The third-order valence-corrected chi connectivity index (χ3v) is 3.74. The Balaban J connectivity index is 1.83. The molecule has 0 saturated heterocycles. The topological polar surface area (TPSA) is 82.2 Å². The van der Waals surface area contributed by atoms with Gasteiger partial charge in [-0.05, 0) is 36.2 Å². The summed E-state index contributed by atoms with van der Waals surface area (Å²) in [5.41, 5.74) is 0.815. The SMILES string of the molecule is CC(C)CN=C(NC(=O)c1ccc(F)c(F)c1)Nc1n[nH]c2ccccc12. The molecular weight excluding hydrogens is 352 g/mol. The highest BCUT2D eigenvalue weighted by Crippen LogP contribution is 2.19. The van der Waals surface area contributed by atoms with E-state index in [0.29, 0.717) is 12.4 Å². The number of benzene rings is 2. The van der Waals surface area contributed by atoms with E-state index in [1.54, 1.807) is 0 Å². The Morgan fingerprint density at radius 1 is 1.19 bits per heavy atom. The number of fused-ring (bicyclic) bond motifs is 1. The number of aromatic amines is 1. The highest BCUT2D eigenvalue weighted by molar-refractivity contribution is 6.11. The monoisotopic (exact) mass is 371 g/mol. The summed E-state index contributed by atoms with van der Waals surface area (Å²) >= 11 is 0. The number of hydrogen-bond donors (Lipinski definition) is 3. The second kappa shape index (κ2) is 7.94. The van der Waals surface area contributed by atoms with Crippen LogP contribution in [0, 0.1) is 17.6 Å². The van der Waals surface area contributed by atoms with Gasteiger partial charge < -0.3 is 5.32 Å². The highest BCUT2D eigenvalue weighted by Gasteiger charge is 2.14. The van der Waals surface area contributed by atoms with E-state index >= 15 is 0 Å². The largest absolute Gasteiger partial charge is 0.309 e. The van der Waals surface area contributed by atoms with Gasteiger partial charge in [0.2, 0.25) is 5.96 Å². The van der Waals surface area contributed by atoms with Crippen LogP contribution >= 0.6 is 0 Å². The van der Waals surface area contributed by atoms with Crippen LogP contribution in [-0.2, 0) is 0 Å². The summed E-state index contributed by atoms with van der Waals surface area (Å²) in [7, 11) is 0. The molecule has 0 aliphatic carbocycles. The van der Waals surface area contributed by atoms with Crippen molar-refractivity contribution < 1.29 is 13.6 Å². The van der Waals surface area contributed by atoms with E-state index in [9.17, 15) is 13.6 Å². The van der Waals surface area contributed by atoms with Gasteiger partial charge in [-0.3, -0.25) is 20.2 Å². The quantitative estimate of drug-likeness (QED) is 0.483. The molecular formula is C19H19F2N5O. The Hall–Kier alpha value is -3.29. The van der Waals surface area contributed by atoms with Crippen molar-refractivity contribution in [2.24, 2.45) is 10.9 Å².